The minimum Gasteiger partial charge on any atom is -0.360 e. The minimum absolute atomic E-state index is 0.154. The fourth-order valence-corrected chi connectivity index (χ4v) is 2.88. The van der Waals surface area contributed by atoms with E-state index in [0.29, 0.717) is 19.4 Å². The molecule has 0 unspecified atom stereocenters. The molecule has 5 nitrogen and oxygen atoms in total. The van der Waals surface area contributed by atoms with Gasteiger partial charge in [-0.15, -0.1) is 0 Å². The smallest absolute Gasteiger partial charge is 0.360 e. The summed E-state index contributed by atoms with van der Waals surface area (Å²) in [6.45, 7) is 2.92. The molecule has 0 aromatic carbocycles. The van der Waals surface area contributed by atoms with Gasteiger partial charge in [-0.1, -0.05) is 6.92 Å². The van der Waals surface area contributed by atoms with Crippen molar-refractivity contribution in [1.82, 2.24) is 14.3 Å². The van der Waals surface area contributed by atoms with Gasteiger partial charge >= 0.3 is 12.1 Å². The maximum Gasteiger partial charge on any atom is 0.471 e. The van der Waals surface area contributed by atoms with Gasteiger partial charge in [0.25, 0.3) is 0 Å². The summed E-state index contributed by atoms with van der Waals surface area (Å²) >= 11 is 1.29. The van der Waals surface area contributed by atoms with Crippen molar-refractivity contribution >= 4 is 22.6 Å². The SMILES string of the molecule is CCc1nsc(NCC2CCN(C(=O)C(F)(F)F)CC2)n1. The fraction of sp³-hybridized carbons (Fsp3) is 0.750. The summed E-state index contributed by atoms with van der Waals surface area (Å²) < 4.78 is 41.1. The first kappa shape index (κ1) is 16.0. The lowest BCUT2D eigenvalue weighted by atomic mass is 9.97. The van der Waals surface area contributed by atoms with Crippen LogP contribution in [0.4, 0.5) is 18.3 Å². The van der Waals surface area contributed by atoms with Crippen molar-refractivity contribution in [1.29, 1.82) is 0 Å². The summed E-state index contributed by atoms with van der Waals surface area (Å²) in [6, 6.07) is 0. The van der Waals surface area contributed by atoms with Gasteiger partial charge in [0, 0.05) is 37.6 Å². The molecule has 1 aromatic heterocycles. The van der Waals surface area contributed by atoms with E-state index in [9.17, 15) is 18.0 Å². The molecular weight excluding hydrogens is 305 g/mol. The van der Waals surface area contributed by atoms with Gasteiger partial charge in [-0.25, -0.2) is 4.98 Å². The van der Waals surface area contributed by atoms with Crippen molar-refractivity contribution in [2.24, 2.45) is 5.92 Å². The van der Waals surface area contributed by atoms with Crippen LogP contribution in [0, 0.1) is 5.92 Å². The summed E-state index contributed by atoms with van der Waals surface area (Å²) in [7, 11) is 0. The molecule has 21 heavy (non-hydrogen) atoms. The molecule has 0 spiro atoms. The number of alkyl halides is 3. The minimum atomic E-state index is -4.77. The van der Waals surface area contributed by atoms with Crippen LogP contribution < -0.4 is 5.32 Å². The van der Waals surface area contributed by atoms with E-state index in [-0.39, 0.29) is 19.0 Å². The van der Waals surface area contributed by atoms with Gasteiger partial charge in [0.15, 0.2) is 0 Å². The lowest BCUT2D eigenvalue weighted by molar-refractivity contribution is -0.186. The van der Waals surface area contributed by atoms with Crippen molar-refractivity contribution in [3.05, 3.63) is 5.82 Å². The van der Waals surface area contributed by atoms with Crippen LogP contribution in [0.15, 0.2) is 0 Å². The van der Waals surface area contributed by atoms with E-state index >= 15 is 0 Å². The Morgan fingerprint density at radius 3 is 2.62 bits per heavy atom. The molecule has 0 atom stereocenters. The first-order valence-corrected chi connectivity index (χ1v) is 7.60. The Morgan fingerprint density at radius 1 is 1.43 bits per heavy atom. The lowest BCUT2D eigenvalue weighted by Crippen LogP contribution is -2.46. The zero-order valence-corrected chi connectivity index (χ0v) is 12.4. The zero-order valence-electron chi connectivity index (χ0n) is 11.6. The van der Waals surface area contributed by atoms with Gasteiger partial charge in [0.2, 0.25) is 5.13 Å². The van der Waals surface area contributed by atoms with E-state index in [1.54, 1.807) is 0 Å². The number of nitrogens with one attached hydrogen (secondary N) is 1. The van der Waals surface area contributed by atoms with Gasteiger partial charge in [0.05, 0.1) is 0 Å². The number of carbonyl (C=O) groups excluding carboxylic acids is 1. The van der Waals surface area contributed by atoms with Crippen molar-refractivity contribution in [2.75, 3.05) is 25.0 Å². The number of piperidine rings is 1. The topological polar surface area (TPSA) is 58.1 Å². The van der Waals surface area contributed by atoms with E-state index in [1.807, 2.05) is 6.92 Å². The average Bonchev–Trinajstić information content (AvgIpc) is 2.92. The third kappa shape index (κ3) is 4.29. The van der Waals surface area contributed by atoms with Crippen LogP contribution in [0.5, 0.6) is 0 Å². The molecule has 1 N–H and O–H groups in total. The molecule has 1 fully saturated rings. The number of carbonyl (C=O) groups is 1. The molecule has 1 amide bonds. The lowest BCUT2D eigenvalue weighted by Gasteiger charge is -2.32. The van der Waals surface area contributed by atoms with E-state index < -0.39 is 12.1 Å². The molecule has 1 aliphatic rings. The second-order valence-corrected chi connectivity index (χ2v) is 5.74. The van der Waals surface area contributed by atoms with Gasteiger partial charge in [-0.3, -0.25) is 4.79 Å². The highest BCUT2D eigenvalue weighted by molar-refractivity contribution is 7.09. The first-order chi connectivity index (χ1) is 9.90. The molecule has 2 heterocycles. The highest BCUT2D eigenvalue weighted by Gasteiger charge is 2.43. The molecule has 0 aliphatic carbocycles. The number of nitrogens with zero attached hydrogens (tertiary/aromatic N) is 3. The first-order valence-electron chi connectivity index (χ1n) is 6.82. The molecule has 2 rings (SSSR count). The number of aryl methyl sites for hydroxylation is 1. The van der Waals surface area contributed by atoms with E-state index in [1.165, 1.54) is 11.5 Å². The Bertz CT molecular complexity index is 483. The molecular formula is C12H17F3N4OS. The Labute approximate surface area is 124 Å². The van der Waals surface area contributed by atoms with E-state index in [0.717, 1.165) is 22.3 Å². The number of halogens is 3. The number of hydrogen-bond donors (Lipinski definition) is 1. The Balaban J connectivity index is 1.75. The van der Waals surface area contributed by atoms with Gasteiger partial charge in [-0.05, 0) is 18.8 Å². The third-order valence-electron chi connectivity index (χ3n) is 3.47. The van der Waals surface area contributed by atoms with Crippen LogP contribution in [-0.4, -0.2) is 46.0 Å². The molecule has 1 aliphatic heterocycles. The molecule has 0 radical (unpaired) electrons. The van der Waals surface area contributed by atoms with Crippen molar-refractivity contribution in [2.45, 2.75) is 32.4 Å². The van der Waals surface area contributed by atoms with Crippen molar-refractivity contribution < 1.29 is 18.0 Å². The number of anilines is 1. The summed E-state index contributed by atoms with van der Waals surface area (Å²) in [5.41, 5.74) is 0. The highest BCUT2D eigenvalue weighted by atomic mass is 32.1. The normalized spacial score (nSPS) is 17.0. The summed E-state index contributed by atoms with van der Waals surface area (Å²) in [4.78, 5) is 16.3. The number of amides is 1. The molecule has 0 saturated carbocycles. The second kappa shape index (κ2) is 6.59. The van der Waals surface area contributed by atoms with Crippen molar-refractivity contribution in [3.63, 3.8) is 0 Å². The monoisotopic (exact) mass is 322 g/mol. The van der Waals surface area contributed by atoms with Crippen LogP contribution in [0.2, 0.25) is 0 Å². The summed E-state index contributed by atoms with van der Waals surface area (Å²) in [5.74, 6) is -0.699. The van der Waals surface area contributed by atoms with Crippen LogP contribution in [-0.2, 0) is 11.2 Å². The Hall–Kier alpha value is -1.38. The molecule has 0 bridgehead atoms. The van der Waals surface area contributed by atoms with Crippen molar-refractivity contribution in [3.8, 4) is 0 Å². The van der Waals surface area contributed by atoms with Crippen LogP contribution in [0.3, 0.4) is 0 Å². The largest absolute Gasteiger partial charge is 0.471 e. The van der Waals surface area contributed by atoms with E-state index in [2.05, 4.69) is 14.7 Å². The fourth-order valence-electron chi connectivity index (χ4n) is 2.22. The quantitative estimate of drug-likeness (QED) is 0.924. The number of aromatic nitrogens is 2. The molecule has 118 valence electrons. The second-order valence-electron chi connectivity index (χ2n) is 4.98. The Kier molecular flexibility index (Phi) is 5.02. The predicted octanol–water partition coefficient (Wildman–Crippen LogP) is 2.31. The predicted molar refractivity (Wildman–Crippen MR) is 73.1 cm³/mol. The number of hydrogen-bond acceptors (Lipinski definition) is 5. The molecule has 9 heteroatoms. The summed E-state index contributed by atoms with van der Waals surface area (Å²) in [5, 5.41) is 3.90. The number of likely N-dealkylation sites (tertiary alicyclic amines) is 1. The maximum absolute atomic E-state index is 12.3. The number of rotatable bonds is 4. The van der Waals surface area contributed by atoms with Gasteiger partial charge in [0.1, 0.15) is 5.82 Å². The molecule has 1 aromatic rings. The maximum atomic E-state index is 12.3. The van der Waals surface area contributed by atoms with Gasteiger partial charge in [-0.2, -0.15) is 17.5 Å². The summed E-state index contributed by atoms with van der Waals surface area (Å²) in [6.07, 6.45) is -2.87. The standard InChI is InChI=1S/C12H17F3N4OS/c1-2-9-17-11(21-18-9)16-7-8-3-5-19(6-4-8)10(20)12(13,14)15/h8H,2-7H2,1H3,(H,16,17,18). The van der Waals surface area contributed by atoms with Crippen LogP contribution in [0.1, 0.15) is 25.6 Å². The van der Waals surface area contributed by atoms with Crippen LogP contribution >= 0.6 is 11.5 Å². The van der Waals surface area contributed by atoms with E-state index in [4.69, 9.17) is 0 Å². The molecule has 1 saturated heterocycles. The highest BCUT2D eigenvalue weighted by Crippen LogP contribution is 2.24. The van der Waals surface area contributed by atoms with Crippen LogP contribution in [0.25, 0.3) is 0 Å². The Morgan fingerprint density at radius 2 is 2.10 bits per heavy atom. The zero-order chi connectivity index (χ0) is 15.5. The average molecular weight is 322 g/mol. The third-order valence-corrected chi connectivity index (χ3v) is 4.18. The van der Waals surface area contributed by atoms with Gasteiger partial charge < -0.3 is 10.2 Å².